The van der Waals surface area contributed by atoms with Gasteiger partial charge in [-0.1, -0.05) is 49.6 Å². The van der Waals surface area contributed by atoms with Crippen molar-refractivity contribution >= 4 is 5.97 Å². The molecule has 4 fully saturated rings. The zero-order valence-electron chi connectivity index (χ0n) is 15.9. The summed E-state index contributed by atoms with van der Waals surface area (Å²) < 4.78 is 7.06. The van der Waals surface area contributed by atoms with Gasteiger partial charge in [-0.2, -0.15) is 0 Å². The Morgan fingerprint density at radius 3 is 2.35 bits per heavy atom. The first-order valence-corrected chi connectivity index (χ1v) is 10.3. The fourth-order valence-electron chi connectivity index (χ4n) is 5.44. The van der Waals surface area contributed by atoms with Crippen molar-refractivity contribution in [1.82, 2.24) is 0 Å². The molecule has 1 aromatic rings. The van der Waals surface area contributed by atoms with Crippen molar-refractivity contribution in [3.05, 3.63) is 35.9 Å². The number of fused-ring (bicyclic) bond motifs is 3. The van der Waals surface area contributed by atoms with Crippen molar-refractivity contribution in [3.63, 3.8) is 0 Å². The number of quaternary nitrogens is 1. The van der Waals surface area contributed by atoms with Crippen LogP contribution in [0.3, 0.4) is 0 Å². The molecule has 0 aromatic heterocycles. The van der Waals surface area contributed by atoms with E-state index in [2.05, 4.69) is 7.05 Å². The highest BCUT2D eigenvalue weighted by Gasteiger charge is 2.51. The number of rotatable bonds is 4. The van der Waals surface area contributed by atoms with E-state index >= 15 is 0 Å². The first kappa shape index (κ1) is 18.0. The molecule has 2 bridgehead atoms. The molecular weight excluding hydrogens is 325 g/mol. The molecule has 2 atom stereocenters. The van der Waals surface area contributed by atoms with Crippen LogP contribution in [0, 0.1) is 11.8 Å². The fourth-order valence-corrected chi connectivity index (χ4v) is 5.44. The highest BCUT2D eigenvalue weighted by molar-refractivity contribution is 5.81. The minimum atomic E-state index is -1.51. The lowest BCUT2D eigenvalue weighted by atomic mass is 9.73. The standard InChI is InChI=1S/C22H32NO3/c1-23-14-12-17(13-15-23)20(16-23)26-21(24)22(25,18-8-4-2-5-9-18)19-10-6-3-7-11-19/h2,4-5,8-9,17,19-20,25H,3,6-7,10-16H2,1H3/q+1/t17?,20-,22-,23?/m0/s1/i1-1. The molecular formula is C22H32NO3+. The highest BCUT2D eigenvalue weighted by Crippen LogP contribution is 2.42. The van der Waals surface area contributed by atoms with Crippen LogP contribution in [0.2, 0.25) is 0 Å². The van der Waals surface area contributed by atoms with E-state index in [1.54, 1.807) is 0 Å². The minimum absolute atomic E-state index is 0.0444. The third-order valence-corrected chi connectivity index (χ3v) is 7.21. The minimum Gasteiger partial charge on any atom is -0.454 e. The second-order valence-electron chi connectivity index (χ2n) is 9.00. The van der Waals surface area contributed by atoms with E-state index in [4.69, 9.17) is 4.74 Å². The van der Waals surface area contributed by atoms with Crippen LogP contribution in [0.25, 0.3) is 0 Å². The van der Waals surface area contributed by atoms with E-state index in [1.807, 2.05) is 30.3 Å². The molecule has 3 heterocycles. The van der Waals surface area contributed by atoms with E-state index < -0.39 is 11.6 Å². The lowest BCUT2D eigenvalue weighted by molar-refractivity contribution is -0.928. The largest absolute Gasteiger partial charge is 0.454 e. The summed E-state index contributed by atoms with van der Waals surface area (Å²) in [6.07, 6.45) is 7.33. The third-order valence-electron chi connectivity index (χ3n) is 7.21. The molecule has 3 aliphatic heterocycles. The normalized spacial score (nSPS) is 34.2. The van der Waals surface area contributed by atoms with Gasteiger partial charge in [-0.3, -0.25) is 0 Å². The van der Waals surface area contributed by atoms with Gasteiger partial charge in [0, 0.05) is 24.7 Å². The SMILES string of the molecule is [11CH3][N+]12CCC(CC1)[C@@H](OC(=O)[C@](O)(c1ccccc1)C1CCCCC1)C2. The Morgan fingerprint density at radius 1 is 1.08 bits per heavy atom. The van der Waals surface area contributed by atoms with Crippen LogP contribution >= 0.6 is 0 Å². The number of nitrogens with zero attached hydrogens (tertiary/aromatic N) is 1. The number of hydrogen-bond acceptors (Lipinski definition) is 3. The topological polar surface area (TPSA) is 46.5 Å². The molecule has 0 amide bonds. The fraction of sp³-hybridized carbons (Fsp3) is 0.682. The molecule has 26 heavy (non-hydrogen) atoms. The first-order valence-electron chi connectivity index (χ1n) is 10.3. The zero-order chi connectivity index (χ0) is 18.2. The van der Waals surface area contributed by atoms with Crippen LogP contribution < -0.4 is 0 Å². The maximum absolute atomic E-state index is 13.3. The van der Waals surface area contributed by atoms with E-state index in [-0.39, 0.29) is 12.0 Å². The number of esters is 1. The van der Waals surface area contributed by atoms with E-state index in [1.165, 1.54) is 19.5 Å². The van der Waals surface area contributed by atoms with Crippen LogP contribution in [-0.4, -0.2) is 48.3 Å². The molecule has 1 saturated carbocycles. The summed E-state index contributed by atoms with van der Waals surface area (Å²) in [5.41, 5.74) is -0.815. The molecule has 0 radical (unpaired) electrons. The van der Waals surface area contributed by atoms with Gasteiger partial charge in [-0.25, -0.2) is 4.79 Å². The van der Waals surface area contributed by atoms with Gasteiger partial charge in [-0.05, 0) is 18.4 Å². The monoisotopic (exact) mass is 357 g/mol. The molecule has 0 spiro atoms. The number of ether oxygens (including phenoxy) is 1. The lowest BCUT2D eigenvalue weighted by Crippen LogP contribution is -2.63. The predicted molar refractivity (Wildman–Crippen MR) is 100 cm³/mol. The Hall–Kier alpha value is -1.39. The quantitative estimate of drug-likeness (QED) is 0.665. The zero-order valence-corrected chi connectivity index (χ0v) is 15.9. The van der Waals surface area contributed by atoms with Gasteiger partial charge in [0.15, 0.2) is 11.7 Å². The molecule has 3 saturated heterocycles. The van der Waals surface area contributed by atoms with Crippen LogP contribution in [-0.2, 0) is 15.1 Å². The molecule has 4 nitrogen and oxygen atoms in total. The van der Waals surface area contributed by atoms with Gasteiger partial charge < -0.3 is 14.3 Å². The van der Waals surface area contributed by atoms with Crippen molar-refractivity contribution in [3.8, 4) is 0 Å². The van der Waals surface area contributed by atoms with E-state index in [9.17, 15) is 9.90 Å². The maximum Gasteiger partial charge on any atom is 0.343 e. The van der Waals surface area contributed by atoms with Crippen LogP contribution in [0.15, 0.2) is 30.3 Å². The second kappa shape index (κ2) is 6.97. The Labute approximate surface area is 156 Å². The number of carbonyl (C=O) groups excluding carboxylic acids is 1. The van der Waals surface area contributed by atoms with E-state index in [0.29, 0.717) is 11.5 Å². The molecule has 5 rings (SSSR count). The van der Waals surface area contributed by atoms with Crippen molar-refractivity contribution < 1.29 is 19.1 Å². The summed E-state index contributed by atoms with van der Waals surface area (Å²) in [6, 6.07) is 9.48. The molecule has 0 unspecified atom stereocenters. The first-order chi connectivity index (χ1) is 12.5. The number of benzene rings is 1. The Bertz CT molecular complexity index is 632. The summed E-state index contributed by atoms with van der Waals surface area (Å²) in [5, 5.41) is 11.7. The maximum atomic E-state index is 13.3. The molecule has 1 aliphatic carbocycles. The summed E-state index contributed by atoms with van der Waals surface area (Å²) in [7, 11) is 2.26. The summed E-state index contributed by atoms with van der Waals surface area (Å²) >= 11 is 0. The summed E-state index contributed by atoms with van der Waals surface area (Å²) in [6.45, 7) is 3.26. The van der Waals surface area contributed by atoms with Crippen molar-refractivity contribution in [2.24, 2.45) is 11.8 Å². The summed E-state index contributed by atoms with van der Waals surface area (Å²) in [5.74, 6) is 0.00299. The molecule has 4 heteroatoms. The second-order valence-corrected chi connectivity index (χ2v) is 9.00. The number of likely N-dealkylation sites (N-methyl/N-ethyl adjacent to an activating group) is 1. The van der Waals surface area contributed by atoms with Gasteiger partial charge in [0.2, 0.25) is 0 Å². The Morgan fingerprint density at radius 2 is 1.73 bits per heavy atom. The predicted octanol–water partition coefficient (Wildman–Crippen LogP) is 3.24. The van der Waals surface area contributed by atoms with Gasteiger partial charge >= 0.3 is 5.97 Å². The smallest absolute Gasteiger partial charge is 0.343 e. The van der Waals surface area contributed by atoms with Crippen LogP contribution in [0.4, 0.5) is 0 Å². The summed E-state index contributed by atoms with van der Waals surface area (Å²) in [4.78, 5) is 13.3. The van der Waals surface area contributed by atoms with Gasteiger partial charge in [0.05, 0.1) is 20.1 Å². The average molecular weight is 358 g/mol. The van der Waals surface area contributed by atoms with Gasteiger partial charge in [0.1, 0.15) is 6.54 Å². The highest BCUT2D eigenvalue weighted by atomic mass is 16.6. The Balaban J connectivity index is 1.58. The molecule has 142 valence electrons. The molecule has 4 aliphatic rings. The van der Waals surface area contributed by atoms with Crippen LogP contribution in [0.1, 0.15) is 50.5 Å². The van der Waals surface area contributed by atoms with Crippen LogP contribution in [0.5, 0.6) is 0 Å². The van der Waals surface area contributed by atoms with Crippen molar-refractivity contribution in [2.45, 2.75) is 56.7 Å². The van der Waals surface area contributed by atoms with Crippen molar-refractivity contribution in [1.29, 1.82) is 0 Å². The van der Waals surface area contributed by atoms with Gasteiger partial charge in [0.25, 0.3) is 0 Å². The molecule has 1 aromatic carbocycles. The number of hydrogen-bond donors (Lipinski definition) is 1. The number of piperidine rings is 3. The van der Waals surface area contributed by atoms with Gasteiger partial charge in [-0.15, -0.1) is 0 Å². The molecule has 1 N–H and O–H groups in total. The Kier molecular flexibility index (Phi) is 4.83. The lowest BCUT2D eigenvalue weighted by Gasteiger charge is -2.50. The number of carbonyl (C=O) groups is 1. The van der Waals surface area contributed by atoms with E-state index in [0.717, 1.165) is 49.6 Å². The number of aliphatic hydroxyl groups is 1. The van der Waals surface area contributed by atoms with Crippen molar-refractivity contribution in [2.75, 3.05) is 26.7 Å². The average Bonchev–Trinajstić information content (AvgIpc) is 2.69. The third kappa shape index (κ3) is 3.18.